The van der Waals surface area contributed by atoms with E-state index in [0.29, 0.717) is 12.2 Å². The topological polar surface area (TPSA) is 66.4 Å². The van der Waals surface area contributed by atoms with Crippen molar-refractivity contribution < 1.29 is 14.1 Å². The van der Waals surface area contributed by atoms with Crippen LogP contribution in [0.5, 0.6) is 0 Å². The molecule has 0 aromatic carbocycles. The second-order valence-corrected chi connectivity index (χ2v) is 4.96. The van der Waals surface area contributed by atoms with E-state index in [4.69, 9.17) is 5.11 Å². The van der Waals surface area contributed by atoms with Gasteiger partial charge in [-0.2, -0.15) is 11.8 Å². The third-order valence-corrected chi connectivity index (χ3v) is 3.64. The molecule has 1 saturated heterocycles. The Labute approximate surface area is 77.7 Å². The van der Waals surface area contributed by atoms with Gasteiger partial charge in [0.2, 0.25) is 0 Å². The molecule has 1 rings (SSSR count). The number of rotatable bonds is 3. The summed E-state index contributed by atoms with van der Waals surface area (Å²) in [5, 5.41) is 8.90. The van der Waals surface area contributed by atoms with Crippen LogP contribution in [-0.2, 0) is 15.8 Å². The molecule has 0 bridgehead atoms. The van der Waals surface area contributed by atoms with Crippen molar-refractivity contribution in [2.75, 3.05) is 17.8 Å². The summed E-state index contributed by atoms with van der Waals surface area (Å²) in [6.45, 7) is 0. The van der Waals surface area contributed by atoms with Crippen LogP contribution in [0.1, 0.15) is 6.42 Å². The lowest BCUT2D eigenvalue weighted by molar-refractivity contribution is -0.142. The molecule has 4 nitrogen and oxygen atoms in total. The molecule has 0 aromatic rings. The molecule has 0 amide bonds. The van der Waals surface area contributed by atoms with Crippen molar-refractivity contribution in [1.82, 2.24) is 4.72 Å². The molecule has 70 valence electrons. The molecule has 12 heavy (non-hydrogen) atoms. The Morgan fingerprint density at radius 3 is 2.75 bits per heavy atom. The van der Waals surface area contributed by atoms with Gasteiger partial charge in [-0.05, 0) is 12.2 Å². The third-order valence-electron chi connectivity index (χ3n) is 1.77. The lowest BCUT2D eigenvalue weighted by atomic mass is 10.0. The van der Waals surface area contributed by atoms with Crippen LogP contribution in [0.25, 0.3) is 0 Å². The number of nitrogens with one attached hydrogen (secondary N) is 1. The van der Waals surface area contributed by atoms with Gasteiger partial charge in [0.05, 0.1) is 11.0 Å². The Hall–Kier alpha value is -0.0700. The highest BCUT2D eigenvalue weighted by Gasteiger charge is 2.42. The van der Waals surface area contributed by atoms with Crippen molar-refractivity contribution in [3.63, 3.8) is 0 Å². The van der Waals surface area contributed by atoms with E-state index in [1.165, 1.54) is 6.26 Å². The lowest BCUT2D eigenvalue weighted by Gasteiger charge is -2.22. The molecule has 2 unspecified atom stereocenters. The van der Waals surface area contributed by atoms with Gasteiger partial charge in [0.15, 0.2) is 0 Å². The van der Waals surface area contributed by atoms with Crippen LogP contribution in [0, 0.1) is 0 Å². The summed E-state index contributed by atoms with van der Waals surface area (Å²) in [6, 6.07) is 0. The van der Waals surface area contributed by atoms with Crippen molar-refractivity contribution >= 4 is 28.7 Å². The first-order valence-electron chi connectivity index (χ1n) is 3.49. The van der Waals surface area contributed by atoms with E-state index >= 15 is 0 Å². The van der Waals surface area contributed by atoms with Crippen molar-refractivity contribution in [2.24, 2.45) is 0 Å². The van der Waals surface area contributed by atoms with Gasteiger partial charge in [0.1, 0.15) is 5.54 Å². The summed E-state index contributed by atoms with van der Waals surface area (Å²) in [4.78, 5) is 10.8. The van der Waals surface area contributed by atoms with Crippen molar-refractivity contribution in [3.8, 4) is 0 Å². The Kier molecular flexibility index (Phi) is 3.14. The summed E-state index contributed by atoms with van der Waals surface area (Å²) < 4.78 is 13.4. The largest absolute Gasteiger partial charge is 0.480 e. The fourth-order valence-corrected chi connectivity index (χ4v) is 3.36. The highest BCUT2D eigenvalue weighted by Crippen LogP contribution is 2.28. The van der Waals surface area contributed by atoms with Gasteiger partial charge in [-0.3, -0.25) is 4.79 Å². The van der Waals surface area contributed by atoms with Crippen molar-refractivity contribution in [1.29, 1.82) is 0 Å². The molecule has 0 spiro atoms. The Bertz CT molecular complexity index is 213. The smallest absolute Gasteiger partial charge is 0.325 e. The molecule has 0 saturated carbocycles. The zero-order valence-corrected chi connectivity index (χ0v) is 8.33. The fourth-order valence-electron chi connectivity index (χ4n) is 1.13. The molecule has 1 heterocycles. The van der Waals surface area contributed by atoms with E-state index < -0.39 is 22.5 Å². The number of carboxylic acid groups (broad SMARTS) is 1. The van der Waals surface area contributed by atoms with Crippen LogP contribution in [-0.4, -0.2) is 38.6 Å². The average molecular weight is 209 g/mol. The van der Waals surface area contributed by atoms with Gasteiger partial charge in [-0.15, -0.1) is 0 Å². The first-order valence-corrected chi connectivity index (χ1v) is 6.20. The molecule has 2 atom stereocenters. The van der Waals surface area contributed by atoms with E-state index in [2.05, 4.69) is 4.72 Å². The number of carboxylic acids is 1. The predicted octanol–water partition coefficient (Wildman–Crippen LogP) is -0.170. The molecule has 1 aliphatic rings. The van der Waals surface area contributed by atoms with Crippen LogP contribution in [0.2, 0.25) is 0 Å². The molecule has 1 aliphatic heterocycles. The van der Waals surface area contributed by atoms with Crippen LogP contribution in [0.3, 0.4) is 0 Å². The van der Waals surface area contributed by atoms with Gasteiger partial charge >= 0.3 is 5.97 Å². The summed E-state index contributed by atoms with van der Waals surface area (Å²) in [7, 11) is -1.26. The minimum absolute atomic E-state index is 0.502. The standard InChI is InChI=1S/C6H11NO3S2/c1-12(10)7-6(5(8)9)2-3-11-4-6/h7H,2-4H2,1H3,(H,8,9). The number of thioether (sulfide) groups is 1. The van der Waals surface area contributed by atoms with Crippen molar-refractivity contribution in [2.45, 2.75) is 12.0 Å². The van der Waals surface area contributed by atoms with E-state index in [1.54, 1.807) is 11.8 Å². The average Bonchev–Trinajstić information content (AvgIpc) is 2.35. The number of hydrogen-bond acceptors (Lipinski definition) is 3. The zero-order chi connectivity index (χ0) is 9.19. The molecular weight excluding hydrogens is 198 g/mol. The number of carbonyl (C=O) groups is 1. The van der Waals surface area contributed by atoms with E-state index in [9.17, 15) is 9.00 Å². The molecule has 1 fully saturated rings. The molecule has 0 radical (unpaired) electrons. The maximum Gasteiger partial charge on any atom is 0.325 e. The number of aliphatic carboxylic acids is 1. The van der Waals surface area contributed by atoms with Gasteiger partial charge in [-0.1, -0.05) is 0 Å². The quantitative estimate of drug-likeness (QED) is 0.677. The number of hydrogen-bond donors (Lipinski definition) is 2. The zero-order valence-electron chi connectivity index (χ0n) is 6.70. The minimum Gasteiger partial charge on any atom is -0.480 e. The van der Waals surface area contributed by atoms with Gasteiger partial charge in [0.25, 0.3) is 0 Å². The summed E-state index contributed by atoms with van der Waals surface area (Å²) in [6.07, 6.45) is 2.00. The maximum atomic E-state index is 10.8. The van der Waals surface area contributed by atoms with Gasteiger partial charge in [0, 0.05) is 12.0 Å². The van der Waals surface area contributed by atoms with Crippen LogP contribution < -0.4 is 4.72 Å². The van der Waals surface area contributed by atoms with Crippen LogP contribution in [0.4, 0.5) is 0 Å². The summed E-state index contributed by atoms with van der Waals surface area (Å²) in [5.41, 5.74) is -0.954. The summed E-state index contributed by atoms with van der Waals surface area (Å²) in [5.74, 6) is 0.418. The first-order chi connectivity index (χ1) is 5.57. The normalized spacial score (nSPS) is 31.8. The van der Waals surface area contributed by atoms with Gasteiger partial charge < -0.3 is 5.11 Å². The second kappa shape index (κ2) is 3.76. The molecule has 2 N–H and O–H groups in total. The Balaban J connectivity index is 2.72. The molecular formula is C6H11NO3S2. The molecule has 0 aromatic heterocycles. The first kappa shape index (κ1) is 10.0. The Morgan fingerprint density at radius 1 is 1.75 bits per heavy atom. The minimum atomic E-state index is -1.26. The third kappa shape index (κ3) is 1.99. The molecule has 6 heteroatoms. The van der Waals surface area contributed by atoms with Crippen molar-refractivity contribution in [3.05, 3.63) is 0 Å². The fraction of sp³-hybridized carbons (Fsp3) is 0.833. The van der Waals surface area contributed by atoms with E-state index in [1.807, 2.05) is 0 Å². The predicted molar refractivity (Wildman–Crippen MR) is 49.5 cm³/mol. The van der Waals surface area contributed by atoms with Crippen LogP contribution in [0.15, 0.2) is 0 Å². The van der Waals surface area contributed by atoms with Gasteiger partial charge in [-0.25, -0.2) is 8.93 Å². The SMILES string of the molecule is CS(=O)NC1(C(=O)O)CCSC1. The monoisotopic (exact) mass is 209 g/mol. The molecule has 0 aliphatic carbocycles. The van der Waals surface area contributed by atoms with Crippen LogP contribution >= 0.6 is 11.8 Å². The highest BCUT2D eigenvalue weighted by atomic mass is 32.2. The van der Waals surface area contributed by atoms with E-state index in [0.717, 1.165) is 5.75 Å². The second-order valence-electron chi connectivity index (χ2n) is 2.75. The highest BCUT2D eigenvalue weighted by molar-refractivity contribution is 7.99. The lowest BCUT2D eigenvalue weighted by Crippen LogP contribution is -2.52. The summed E-state index contributed by atoms with van der Waals surface area (Å²) >= 11 is 1.57. The Morgan fingerprint density at radius 2 is 2.42 bits per heavy atom. The van der Waals surface area contributed by atoms with E-state index in [-0.39, 0.29) is 0 Å². The maximum absolute atomic E-state index is 10.8.